The Bertz CT molecular complexity index is 623. The smallest absolute Gasteiger partial charge is 0.302 e. The molecule has 0 heterocycles. The molecule has 0 N–H and O–H groups in total. The van der Waals surface area contributed by atoms with Crippen LogP contribution >= 0.6 is 11.8 Å². The third-order valence-electron chi connectivity index (χ3n) is 3.14. The zero-order valence-electron chi connectivity index (χ0n) is 13.1. The first-order valence-corrected chi connectivity index (χ1v) is 7.71. The van der Waals surface area contributed by atoms with Gasteiger partial charge in [0.15, 0.2) is 11.5 Å². The van der Waals surface area contributed by atoms with Crippen LogP contribution in [0.25, 0.3) is 0 Å². The number of benzene rings is 2. The minimum atomic E-state index is -2.95. The maximum Gasteiger partial charge on any atom is 0.302 e. The van der Waals surface area contributed by atoms with Crippen LogP contribution in [0.4, 0.5) is 8.78 Å². The van der Waals surface area contributed by atoms with E-state index in [1.54, 1.807) is 42.5 Å². The average Bonchev–Trinajstić information content (AvgIpc) is 2.53. The molecule has 0 spiro atoms. The largest absolute Gasteiger partial charge is 0.493 e. The van der Waals surface area contributed by atoms with Gasteiger partial charge in [-0.15, -0.1) is 0 Å². The molecular formula is C17H18F2O3S. The number of hydrogen-bond acceptors (Lipinski definition) is 4. The average molecular weight is 340 g/mol. The summed E-state index contributed by atoms with van der Waals surface area (Å²) in [5, 5.41) is -2.95. The van der Waals surface area contributed by atoms with Crippen molar-refractivity contribution in [3.8, 4) is 17.2 Å². The molecule has 0 bridgehead atoms. The van der Waals surface area contributed by atoms with Gasteiger partial charge in [-0.2, -0.15) is 8.78 Å². The maximum atomic E-state index is 14.3. The highest BCUT2D eigenvalue weighted by molar-refractivity contribution is 8.00. The highest BCUT2D eigenvalue weighted by Gasteiger charge is 2.31. The molecule has 0 aliphatic carbocycles. The lowest BCUT2D eigenvalue weighted by atomic mass is 10.1. The third kappa shape index (κ3) is 4.51. The van der Waals surface area contributed by atoms with Crippen LogP contribution in [0, 0.1) is 0 Å². The molecule has 0 aliphatic rings. The summed E-state index contributed by atoms with van der Waals surface area (Å²) in [6, 6.07) is 11.7. The van der Waals surface area contributed by atoms with Gasteiger partial charge < -0.3 is 14.2 Å². The lowest BCUT2D eigenvalue weighted by Gasteiger charge is -2.18. The molecule has 124 valence electrons. The van der Waals surface area contributed by atoms with Crippen molar-refractivity contribution in [3.05, 3.63) is 48.0 Å². The van der Waals surface area contributed by atoms with Crippen molar-refractivity contribution < 1.29 is 23.0 Å². The molecule has 6 heteroatoms. The van der Waals surface area contributed by atoms with E-state index in [9.17, 15) is 8.78 Å². The molecule has 0 amide bonds. The summed E-state index contributed by atoms with van der Waals surface area (Å²) in [5.74, 6) is 1.11. The topological polar surface area (TPSA) is 27.7 Å². The van der Waals surface area contributed by atoms with Gasteiger partial charge in [0.05, 0.1) is 21.3 Å². The number of alkyl halides is 2. The van der Waals surface area contributed by atoms with Gasteiger partial charge in [-0.1, -0.05) is 30.0 Å². The zero-order chi connectivity index (χ0) is 16.9. The van der Waals surface area contributed by atoms with Gasteiger partial charge in [-0.05, 0) is 29.8 Å². The molecule has 23 heavy (non-hydrogen) atoms. The van der Waals surface area contributed by atoms with E-state index in [0.29, 0.717) is 39.5 Å². The molecule has 0 saturated heterocycles. The quantitative estimate of drug-likeness (QED) is 0.686. The monoisotopic (exact) mass is 340 g/mol. The lowest BCUT2D eigenvalue weighted by molar-refractivity contribution is 0.106. The van der Waals surface area contributed by atoms with E-state index in [1.807, 2.05) is 0 Å². The molecule has 0 radical (unpaired) electrons. The highest BCUT2D eigenvalue weighted by atomic mass is 32.2. The minimum absolute atomic E-state index is 0.363. The van der Waals surface area contributed by atoms with Crippen LogP contribution in [-0.2, 0) is 6.42 Å². The van der Waals surface area contributed by atoms with Gasteiger partial charge in [0.25, 0.3) is 0 Å². The van der Waals surface area contributed by atoms with E-state index < -0.39 is 11.7 Å². The molecule has 0 unspecified atom stereocenters. The second-order valence-electron chi connectivity index (χ2n) is 4.76. The Morgan fingerprint density at radius 3 is 1.96 bits per heavy atom. The molecule has 2 rings (SSSR count). The maximum absolute atomic E-state index is 14.3. The molecule has 0 aromatic heterocycles. The first-order valence-electron chi connectivity index (χ1n) is 6.90. The molecule has 0 atom stereocenters. The second kappa shape index (κ2) is 7.55. The highest BCUT2D eigenvalue weighted by Crippen LogP contribution is 2.42. The first kappa shape index (κ1) is 17.4. The van der Waals surface area contributed by atoms with Crippen molar-refractivity contribution in [1.29, 1.82) is 0 Å². The fourth-order valence-corrected chi connectivity index (χ4v) is 3.05. The van der Waals surface area contributed by atoms with E-state index in [0.717, 1.165) is 0 Å². The Morgan fingerprint density at radius 2 is 1.48 bits per heavy atom. The summed E-state index contributed by atoms with van der Waals surface area (Å²) in [6.07, 6.45) is -0.441. The van der Waals surface area contributed by atoms with Crippen LogP contribution in [0.15, 0.2) is 47.4 Å². The molecular weight excluding hydrogens is 322 g/mol. The van der Waals surface area contributed by atoms with Gasteiger partial charge in [0.1, 0.15) is 0 Å². The van der Waals surface area contributed by atoms with Crippen LogP contribution < -0.4 is 14.2 Å². The standard InChI is InChI=1S/C17H18F2O3S/c1-20-14-9-12(10-15(21-2)16(14)22-3)11-17(18,19)23-13-7-5-4-6-8-13/h4-10H,11H2,1-3H3. The fraction of sp³-hybridized carbons (Fsp3) is 0.294. The van der Waals surface area contributed by atoms with E-state index in [-0.39, 0.29) is 0 Å². The van der Waals surface area contributed by atoms with Crippen molar-refractivity contribution in [2.75, 3.05) is 21.3 Å². The Hall–Kier alpha value is -1.95. The van der Waals surface area contributed by atoms with Gasteiger partial charge in [-0.3, -0.25) is 0 Å². The number of methoxy groups -OCH3 is 3. The normalized spacial score (nSPS) is 11.2. The summed E-state index contributed by atoms with van der Waals surface area (Å²) in [5.41, 5.74) is 0.410. The molecule has 3 nitrogen and oxygen atoms in total. The summed E-state index contributed by atoms with van der Waals surface area (Å²) < 4.78 is 44.2. The van der Waals surface area contributed by atoms with E-state index in [4.69, 9.17) is 14.2 Å². The van der Waals surface area contributed by atoms with Crippen molar-refractivity contribution in [1.82, 2.24) is 0 Å². The van der Waals surface area contributed by atoms with Crippen molar-refractivity contribution in [2.24, 2.45) is 0 Å². The number of ether oxygens (including phenoxy) is 3. The van der Waals surface area contributed by atoms with Crippen LogP contribution in [0.3, 0.4) is 0 Å². The molecule has 0 saturated carbocycles. The third-order valence-corrected chi connectivity index (χ3v) is 4.10. The number of hydrogen-bond donors (Lipinski definition) is 0. The number of rotatable bonds is 7. The zero-order valence-corrected chi connectivity index (χ0v) is 14.0. The van der Waals surface area contributed by atoms with Crippen molar-refractivity contribution >= 4 is 11.8 Å². The van der Waals surface area contributed by atoms with Crippen LogP contribution in [0.2, 0.25) is 0 Å². The Morgan fingerprint density at radius 1 is 0.913 bits per heavy atom. The molecule has 2 aromatic carbocycles. The summed E-state index contributed by atoms with van der Waals surface area (Å²) >= 11 is 0.531. The van der Waals surface area contributed by atoms with Crippen LogP contribution in [0.5, 0.6) is 17.2 Å². The minimum Gasteiger partial charge on any atom is -0.493 e. The first-order chi connectivity index (χ1) is 11.0. The van der Waals surface area contributed by atoms with Gasteiger partial charge in [0, 0.05) is 11.3 Å². The Kier molecular flexibility index (Phi) is 5.71. The summed E-state index contributed by atoms with van der Waals surface area (Å²) in [4.78, 5) is 0.518. The molecule has 2 aromatic rings. The van der Waals surface area contributed by atoms with Crippen molar-refractivity contribution in [3.63, 3.8) is 0 Å². The van der Waals surface area contributed by atoms with Crippen LogP contribution in [-0.4, -0.2) is 26.6 Å². The van der Waals surface area contributed by atoms with E-state index in [1.165, 1.54) is 21.3 Å². The predicted octanol–water partition coefficient (Wildman–Crippen LogP) is 4.64. The number of thioether (sulfide) groups is 1. The lowest BCUT2D eigenvalue weighted by Crippen LogP contribution is -2.14. The van der Waals surface area contributed by atoms with E-state index in [2.05, 4.69) is 0 Å². The van der Waals surface area contributed by atoms with Crippen LogP contribution in [0.1, 0.15) is 5.56 Å². The molecule has 0 aliphatic heterocycles. The van der Waals surface area contributed by atoms with E-state index >= 15 is 0 Å². The fourth-order valence-electron chi connectivity index (χ4n) is 2.17. The Labute approximate surface area is 138 Å². The number of halogens is 2. The molecule has 0 fully saturated rings. The van der Waals surface area contributed by atoms with Crippen molar-refractivity contribution in [2.45, 2.75) is 16.6 Å². The predicted molar refractivity (Wildman–Crippen MR) is 87.0 cm³/mol. The van der Waals surface area contributed by atoms with Gasteiger partial charge in [0.2, 0.25) is 5.75 Å². The van der Waals surface area contributed by atoms with Gasteiger partial charge in [-0.25, -0.2) is 0 Å². The second-order valence-corrected chi connectivity index (χ2v) is 6.04. The summed E-state index contributed by atoms with van der Waals surface area (Å²) in [6.45, 7) is 0. The Balaban J connectivity index is 2.24. The van der Waals surface area contributed by atoms with Gasteiger partial charge >= 0.3 is 5.25 Å². The SMILES string of the molecule is COc1cc(CC(F)(F)Sc2ccccc2)cc(OC)c1OC. The summed E-state index contributed by atoms with van der Waals surface area (Å²) in [7, 11) is 4.38.